The molecular weight excluding hydrogens is 355 g/mol. The minimum Gasteiger partial charge on any atom is -0.374 e. The monoisotopic (exact) mass is 368 g/mol. The van der Waals surface area contributed by atoms with Crippen LogP contribution < -0.4 is 0 Å². The summed E-state index contributed by atoms with van der Waals surface area (Å²) < 4.78 is 125. The summed E-state index contributed by atoms with van der Waals surface area (Å²) in [6.45, 7) is -3.15. The normalized spacial score (nSPS) is 14.7. The highest BCUT2D eigenvalue weighted by atomic mass is 31.2. The van der Waals surface area contributed by atoms with Crippen molar-refractivity contribution in [1.82, 2.24) is 0 Å². The number of ether oxygens (including phenoxy) is 1. The molecule has 0 saturated heterocycles. The van der Waals surface area contributed by atoms with Crippen LogP contribution in [0.25, 0.3) is 0 Å². The van der Waals surface area contributed by atoms with E-state index in [9.17, 15) is 39.7 Å². The second-order valence-corrected chi connectivity index (χ2v) is 6.35. The molecule has 0 radical (unpaired) electrons. The summed E-state index contributed by atoms with van der Waals surface area (Å²) in [7, 11) is -1.77. The SMILES string of the molecule is COP(=O)(CCOCC(F)(F)C(F)(F)C(F)(F)C(F)F)OC. The van der Waals surface area contributed by atoms with E-state index in [1.807, 2.05) is 0 Å². The Balaban J connectivity index is 4.74. The molecule has 22 heavy (non-hydrogen) atoms. The van der Waals surface area contributed by atoms with E-state index in [1.54, 1.807) is 0 Å². The van der Waals surface area contributed by atoms with Gasteiger partial charge in [-0.15, -0.1) is 0 Å². The van der Waals surface area contributed by atoms with Gasteiger partial charge in [0.05, 0.1) is 12.8 Å². The standard InChI is InChI=1S/C9H13F8O4P/c1-19-22(18,20-2)4-3-21-5-7(12,13)9(16,17)8(14,15)6(10)11/h6H,3-5H2,1-2H3. The summed E-state index contributed by atoms with van der Waals surface area (Å²) in [5.41, 5.74) is 0. The molecule has 13 heteroatoms. The van der Waals surface area contributed by atoms with Crippen LogP contribution in [0.15, 0.2) is 0 Å². The van der Waals surface area contributed by atoms with Gasteiger partial charge in [0, 0.05) is 14.2 Å². The van der Waals surface area contributed by atoms with Crippen LogP contribution in [0.1, 0.15) is 0 Å². The Kier molecular flexibility index (Phi) is 7.26. The van der Waals surface area contributed by atoms with Gasteiger partial charge in [0.1, 0.15) is 6.61 Å². The first kappa shape index (κ1) is 21.6. The molecule has 0 rings (SSSR count). The number of rotatable bonds is 10. The number of hydrogen-bond donors (Lipinski definition) is 0. The van der Waals surface area contributed by atoms with Crippen molar-refractivity contribution in [3.05, 3.63) is 0 Å². The molecule has 0 heterocycles. The third-order valence-corrected chi connectivity index (χ3v) is 4.34. The Hall–Kier alpha value is -0.450. The molecule has 0 amide bonds. The van der Waals surface area contributed by atoms with E-state index in [0.29, 0.717) is 0 Å². The van der Waals surface area contributed by atoms with E-state index < -0.39 is 51.2 Å². The summed E-state index contributed by atoms with van der Waals surface area (Å²) in [6.07, 6.45) is -5.62. The van der Waals surface area contributed by atoms with Gasteiger partial charge in [0.15, 0.2) is 0 Å². The molecule has 0 atom stereocenters. The van der Waals surface area contributed by atoms with Crippen molar-refractivity contribution < 1.29 is 53.5 Å². The first-order chi connectivity index (χ1) is 9.77. The van der Waals surface area contributed by atoms with Crippen LogP contribution in [0.3, 0.4) is 0 Å². The molecule has 0 aliphatic rings. The van der Waals surface area contributed by atoms with Crippen molar-refractivity contribution in [1.29, 1.82) is 0 Å². The van der Waals surface area contributed by atoms with E-state index in [4.69, 9.17) is 0 Å². The maximum Gasteiger partial charge on any atom is 0.380 e. The van der Waals surface area contributed by atoms with E-state index >= 15 is 0 Å². The topological polar surface area (TPSA) is 44.8 Å². The molecule has 0 aromatic rings. The van der Waals surface area contributed by atoms with Crippen molar-refractivity contribution in [2.75, 3.05) is 33.6 Å². The molecule has 4 nitrogen and oxygen atoms in total. The molecular formula is C9H13F8O4P. The third kappa shape index (κ3) is 4.53. The Bertz CT molecular complexity index is 395. The predicted molar refractivity (Wildman–Crippen MR) is 58.2 cm³/mol. The van der Waals surface area contributed by atoms with E-state index in [2.05, 4.69) is 13.8 Å². The summed E-state index contributed by atoms with van der Waals surface area (Å²) in [5.74, 6) is -18.1. The fraction of sp³-hybridized carbons (Fsp3) is 1.00. The third-order valence-electron chi connectivity index (χ3n) is 2.50. The van der Waals surface area contributed by atoms with Crippen molar-refractivity contribution in [3.63, 3.8) is 0 Å². The zero-order valence-corrected chi connectivity index (χ0v) is 12.2. The van der Waals surface area contributed by atoms with Gasteiger partial charge in [0.25, 0.3) is 0 Å². The van der Waals surface area contributed by atoms with Crippen LogP contribution in [0.2, 0.25) is 0 Å². The lowest BCUT2D eigenvalue weighted by Crippen LogP contribution is -2.59. The molecule has 0 aromatic heterocycles. The molecule has 0 spiro atoms. The predicted octanol–water partition coefficient (Wildman–Crippen LogP) is 3.66. The highest BCUT2D eigenvalue weighted by Gasteiger charge is 2.75. The lowest BCUT2D eigenvalue weighted by molar-refractivity contribution is -0.345. The van der Waals surface area contributed by atoms with Crippen molar-refractivity contribution in [3.8, 4) is 0 Å². The Labute approximate surface area is 120 Å². The lowest BCUT2D eigenvalue weighted by Gasteiger charge is -2.32. The van der Waals surface area contributed by atoms with Crippen LogP contribution in [0.5, 0.6) is 0 Å². The zero-order chi connectivity index (χ0) is 17.8. The van der Waals surface area contributed by atoms with Crippen molar-refractivity contribution >= 4 is 7.60 Å². The molecule has 0 aliphatic carbocycles. The number of halogens is 8. The lowest BCUT2D eigenvalue weighted by atomic mass is 10.1. The van der Waals surface area contributed by atoms with Crippen LogP contribution >= 0.6 is 7.60 Å². The van der Waals surface area contributed by atoms with Crippen LogP contribution in [-0.2, 0) is 18.3 Å². The second-order valence-electron chi connectivity index (χ2n) is 3.95. The molecule has 0 unspecified atom stereocenters. The van der Waals surface area contributed by atoms with Gasteiger partial charge in [-0.1, -0.05) is 0 Å². The average Bonchev–Trinajstić information content (AvgIpc) is 2.42. The first-order valence-electron chi connectivity index (χ1n) is 5.47. The smallest absolute Gasteiger partial charge is 0.374 e. The Morgan fingerprint density at radius 2 is 1.45 bits per heavy atom. The zero-order valence-electron chi connectivity index (χ0n) is 11.3. The number of alkyl halides is 8. The minimum absolute atomic E-state index is 0.632. The fourth-order valence-corrected chi connectivity index (χ4v) is 1.97. The highest BCUT2D eigenvalue weighted by Crippen LogP contribution is 2.49. The molecule has 0 fully saturated rings. The Morgan fingerprint density at radius 3 is 1.82 bits per heavy atom. The highest BCUT2D eigenvalue weighted by molar-refractivity contribution is 7.53. The van der Waals surface area contributed by atoms with Crippen molar-refractivity contribution in [2.45, 2.75) is 24.2 Å². The average molecular weight is 368 g/mol. The van der Waals surface area contributed by atoms with Gasteiger partial charge in [-0.3, -0.25) is 4.57 Å². The summed E-state index contributed by atoms with van der Waals surface area (Å²) >= 11 is 0. The van der Waals surface area contributed by atoms with Gasteiger partial charge in [0.2, 0.25) is 0 Å². The largest absolute Gasteiger partial charge is 0.380 e. The van der Waals surface area contributed by atoms with Gasteiger partial charge in [-0.2, -0.15) is 26.3 Å². The molecule has 0 bridgehead atoms. The maximum absolute atomic E-state index is 13.0. The fourth-order valence-electron chi connectivity index (χ4n) is 1.11. The van der Waals surface area contributed by atoms with Gasteiger partial charge >= 0.3 is 31.8 Å². The van der Waals surface area contributed by atoms with Crippen LogP contribution in [0, 0.1) is 0 Å². The molecule has 0 aromatic carbocycles. The van der Waals surface area contributed by atoms with Gasteiger partial charge in [-0.25, -0.2) is 8.78 Å². The minimum atomic E-state index is -6.33. The molecule has 134 valence electrons. The van der Waals surface area contributed by atoms with E-state index in [0.717, 1.165) is 14.2 Å². The Morgan fingerprint density at radius 1 is 1.00 bits per heavy atom. The van der Waals surface area contributed by atoms with Crippen LogP contribution in [-0.4, -0.2) is 57.8 Å². The van der Waals surface area contributed by atoms with E-state index in [-0.39, 0.29) is 0 Å². The van der Waals surface area contributed by atoms with Gasteiger partial charge in [-0.05, 0) is 0 Å². The second kappa shape index (κ2) is 7.41. The van der Waals surface area contributed by atoms with E-state index in [1.165, 1.54) is 0 Å². The quantitative estimate of drug-likeness (QED) is 0.335. The maximum atomic E-state index is 13.0. The van der Waals surface area contributed by atoms with Crippen molar-refractivity contribution in [2.24, 2.45) is 0 Å². The van der Waals surface area contributed by atoms with Gasteiger partial charge < -0.3 is 13.8 Å². The van der Waals surface area contributed by atoms with Crippen LogP contribution in [0.4, 0.5) is 35.1 Å². The molecule has 0 saturated carbocycles. The molecule has 0 aliphatic heterocycles. The molecule has 0 N–H and O–H groups in total. The summed E-state index contributed by atoms with van der Waals surface area (Å²) in [6, 6.07) is 0. The summed E-state index contributed by atoms with van der Waals surface area (Å²) in [5, 5.41) is 0. The summed E-state index contributed by atoms with van der Waals surface area (Å²) in [4.78, 5) is 0. The first-order valence-corrected chi connectivity index (χ1v) is 7.20. The number of hydrogen-bond acceptors (Lipinski definition) is 4.